The molecule has 0 unspecified atom stereocenters. The van der Waals surface area contributed by atoms with Crippen LogP contribution in [0.1, 0.15) is 25.0 Å². The minimum atomic E-state index is -0.343. The molecule has 38 heavy (non-hydrogen) atoms. The first kappa shape index (κ1) is 26.7. The van der Waals surface area contributed by atoms with Gasteiger partial charge >= 0.3 is 0 Å². The second-order valence-electron chi connectivity index (χ2n) is 8.29. The maximum atomic E-state index is 13.2. The van der Waals surface area contributed by atoms with E-state index in [4.69, 9.17) is 26.4 Å². The van der Waals surface area contributed by atoms with Crippen molar-refractivity contribution in [2.45, 2.75) is 20.3 Å². The molecule has 2 amide bonds. The van der Waals surface area contributed by atoms with Gasteiger partial charge in [0.25, 0.3) is 11.8 Å². The Kier molecular flexibility index (Phi) is 8.60. The van der Waals surface area contributed by atoms with E-state index in [0.717, 1.165) is 17.7 Å². The van der Waals surface area contributed by atoms with Crippen LogP contribution in [0.25, 0.3) is 6.08 Å². The smallest absolute Gasteiger partial charge is 0.281 e. The third kappa shape index (κ3) is 5.95. The van der Waals surface area contributed by atoms with E-state index in [1.54, 1.807) is 42.5 Å². The largest absolute Gasteiger partial charge is 0.495 e. The number of hydrogen-bond donors (Lipinski definition) is 2. The van der Waals surface area contributed by atoms with Crippen molar-refractivity contribution in [3.8, 4) is 17.2 Å². The average molecular weight is 532 g/mol. The molecule has 0 bridgehead atoms. The molecule has 1 fully saturated rings. The lowest BCUT2D eigenvalue weighted by Gasteiger charge is -2.17. The SMILES string of the molecule is CCOc1cc(/C=C2/NC(=S)N(c3ccccc3CC)C2=O)ccc1OCC(=O)Nc1ccccc1OC. The summed E-state index contributed by atoms with van der Waals surface area (Å²) in [7, 11) is 1.54. The van der Waals surface area contributed by atoms with Crippen LogP contribution >= 0.6 is 12.2 Å². The lowest BCUT2D eigenvalue weighted by Crippen LogP contribution is -2.31. The Bertz CT molecular complexity index is 1390. The van der Waals surface area contributed by atoms with Crippen molar-refractivity contribution < 1.29 is 23.8 Å². The van der Waals surface area contributed by atoms with Crippen molar-refractivity contribution in [2.24, 2.45) is 0 Å². The molecule has 3 aromatic carbocycles. The Morgan fingerprint density at radius 2 is 1.76 bits per heavy atom. The van der Waals surface area contributed by atoms with Gasteiger partial charge in [-0.25, -0.2) is 0 Å². The van der Waals surface area contributed by atoms with Gasteiger partial charge in [-0.05, 0) is 73.1 Å². The molecule has 8 nitrogen and oxygen atoms in total. The number of para-hydroxylation sites is 3. The van der Waals surface area contributed by atoms with Gasteiger partial charge in [-0.1, -0.05) is 43.3 Å². The van der Waals surface area contributed by atoms with Crippen LogP contribution in [0.15, 0.2) is 72.4 Å². The minimum absolute atomic E-state index is 0.224. The number of aryl methyl sites for hydroxylation is 1. The summed E-state index contributed by atoms with van der Waals surface area (Å²) in [6.07, 6.45) is 2.49. The number of rotatable bonds is 10. The molecule has 2 N–H and O–H groups in total. The molecule has 196 valence electrons. The van der Waals surface area contributed by atoms with Gasteiger partial charge in [-0.2, -0.15) is 0 Å². The van der Waals surface area contributed by atoms with Crippen LogP contribution in [-0.4, -0.2) is 37.3 Å². The molecule has 0 atom stereocenters. The first-order chi connectivity index (χ1) is 18.4. The average Bonchev–Trinajstić information content (AvgIpc) is 3.20. The molecule has 1 aliphatic heterocycles. The van der Waals surface area contributed by atoms with Gasteiger partial charge in [0.05, 0.1) is 25.1 Å². The molecule has 0 aromatic heterocycles. The molecule has 1 heterocycles. The van der Waals surface area contributed by atoms with Crippen LogP contribution < -0.4 is 29.7 Å². The van der Waals surface area contributed by atoms with Gasteiger partial charge in [0.15, 0.2) is 23.2 Å². The summed E-state index contributed by atoms with van der Waals surface area (Å²) in [5, 5.41) is 6.13. The third-order valence-corrected chi connectivity index (χ3v) is 6.09. The number of carbonyl (C=O) groups is 2. The Morgan fingerprint density at radius 3 is 2.53 bits per heavy atom. The van der Waals surface area contributed by atoms with E-state index in [1.807, 2.05) is 44.2 Å². The fraction of sp³-hybridized carbons (Fsp3) is 0.207. The minimum Gasteiger partial charge on any atom is -0.495 e. The Balaban J connectivity index is 1.49. The van der Waals surface area contributed by atoms with E-state index in [-0.39, 0.29) is 18.4 Å². The first-order valence-electron chi connectivity index (χ1n) is 12.2. The molecule has 4 rings (SSSR count). The van der Waals surface area contributed by atoms with Crippen molar-refractivity contribution in [3.63, 3.8) is 0 Å². The van der Waals surface area contributed by atoms with Crippen molar-refractivity contribution in [1.29, 1.82) is 0 Å². The maximum absolute atomic E-state index is 13.2. The van der Waals surface area contributed by atoms with E-state index in [9.17, 15) is 9.59 Å². The van der Waals surface area contributed by atoms with Crippen LogP contribution in [0.2, 0.25) is 0 Å². The zero-order valence-electron chi connectivity index (χ0n) is 21.4. The highest BCUT2D eigenvalue weighted by atomic mass is 32.1. The number of thiocarbonyl (C=S) groups is 1. The summed E-state index contributed by atoms with van der Waals surface area (Å²) in [6.45, 7) is 4.06. The lowest BCUT2D eigenvalue weighted by atomic mass is 10.1. The second kappa shape index (κ2) is 12.2. The van der Waals surface area contributed by atoms with Crippen LogP contribution in [0, 0.1) is 0 Å². The van der Waals surface area contributed by atoms with E-state index < -0.39 is 0 Å². The molecule has 0 radical (unpaired) electrons. The van der Waals surface area contributed by atoms with Crippen LogP contribution in [0.4, 0.5) is 11.4 Å². The molecular weight excluding hydrogens is 502 g/mol. The highest BCUT2D eigenvalue weighted by Crippen LogP contribution is 2.31. The van der Waals surface area contributed by atoms with Gasteiger partial charge in [0.2, 0.25) is 0 Å². The Morgan fingerprint density at radius 1 is 1.00 bits per heavy atom. The summed E-state index contributed by atoms with van der Waals surface area (Å²) in [6, 6.07) is 20.1. The summed E-state index contributed by atoms with van der Waals surface area (Å²) < 4.78 is 16.8. The number of hydrogen-bond acceptors (Lipinski definition) is 6. The van der Waals surface area contributed by atoms with E-state index >= 15 is 0 Å². The van der Waals surface area contributed by atoms with Crippen LogP contribution in [-0.2, 0) is 16.0 Å². The normalized spacial score (nSPS) is 13.9. The zero-order chi connectivity index (χ0) is 27.1. The highest BCUT2D eigenvalue weighted by molar-refractivity contribution is 7.80. The number of ether oxygens (including phenoxy) is 3. The topological polar surface area (TPSA) is 89.1 Å². The third-order valence-electron chi connectivity index (χ3n) is 5.81. The summed E-state index contributed by atoms with van der Waals surface area (Å²) >= 11 is 5.47. The van der Waals surface area contributed by atoms with E-state index in [1.165, 1.54) is 12.0 Å². The molecule has 1 saturated heterocycles. The van der Waals surface area contributed by atoms with E-state index in [0.29, 0.717) is 45.9 Å². The van der Waals surface area contributed by atoms with Gasteiger partial charge in [-0.3, -0.25) is 14.5 Å². The number of nitrogens with one attached hydrogen (secondary N) is 2. The van der Waals surface area contributed by atoms with Crippen molar-refractivity contribution in [2.75, 3.05) is 30.5 Å². The number of nitrogens with zero attached hydrogens (tertiary/aromatic N) is 1. The van der Waals surface area contributed by atoms with Crippen LogP contribution in [0.5, 0.6) is 17.2 Å². The monoisotopic (exact) mass is 531 g/mol. The van der Waals surface area contributed by atoms with Gasteiger partial charge in [-0.15, -0.1) is 0 Å². The fourth-order valence-corrected chi connectivity index (χ4v) is 4.32. The fourth-order valence-electron chi connectivity index (χ4n) is 4.03. The molecule has 3 aromatic rings. The zero-order valence-corrected chi connectivity index (χ0v) is 22.3. The van der Waals surface area contributed by atoms with Gasteiger partial charge in [0.1, 0.15) is 11.4 Å². The predicted molar refractivity (Wildman–Crippen MR) is 152 cm³/mol. The number of amides is 2. The summed E-state index contributed by atoms with van der Waals surface area (Å²) in [5.74, 6) is 0.837. The molecular formula is C29H29N3O5S. The molecule has 0 spiro atoms. The number of methoxy groups -OCH3 is 1. The number of benzene rings is 3. The number of carbonyl (C=O) groups excluding carboxylic acids is 2. The lowest BCUT2D eigenvalue weighted by molar-refractivity contribution is -0.118. The Hall–Kier alpha value is -4.37. The number of anilines is 2. The highest BCUT2D eigenvalue weighted by Gasteiger charge is 2.33. The van der Waals surface area contributed by atoms with Crippen molar-refractivity contribution >= 4 is 46.6 Å². The second-order valence-corrected chi connectivity index (χ2v) is 8.67. The Labute approximate surface area is 227 Å². The van der Waals surface area contributed by atoms with Gasteiger partial charge < -0.3 is 24.8 Å². The summed E-state index contributed by atoms with van der Waals surface area (Å²) in [5.41, 5.74) is 3.42. The first-order valence-corrected chi connectivity index (χ1v) is 12.6. The van der Waals surface area contributed by atoms with Gasteiger partial charge in [0, 0.05) is 0 Å². The quantitative estimate of drug-likeness (QED) is 0.283. The standard InChI is InChI=1S/C29H29N3O5S/c1-4-20-10-6-8-12-23(20)32-28(34)22(31-29(32)38)16-19-14-15-25(26(17-19)36-5-2)37-18-27(33)30-21-11-7-9-13-24(21)35-3/h6-17H,4-5,18H2,1-3H3,(H,30,33)(H,31,38)/b22-16+. The van der Waals surface area contributed by atoms with Crippen LogP contribution in [0.3, 0.4) is 0 Å². The molecule has 0 aliphatic carbocycles. The molecule has 9 heteroatoms. The molecule has 1 aliphatic rings. The van der Waals surface area contributed by atoms with Crippen molar-refractivity contribution in [3.05, 3.63) is 83.6 Å². The van der Waals surface area contributed by atoms with E-state index in [2.05, 4.69) is 10.6 Å². The summed E-state index contributed by atoms with van der Waals surface area (Å²) in [4.78, 5) is 27.2. The maximum Gasteiger partial charge on any atom is 0.281 e. The molecule has 0 saturated carbocycles. The predicted octanol–water partition coefficient (Wildman–Crippen LogP) is 4.94. The van der Waals surface area contributed by atoms with Crippen molar-refractivity contribution in [1.82, 2.24) is 5.32 Å².